The molecule has 8 heteroatoms. The average molecular weight is 492 g/mol. The first-order valence-corrected chi connectivity index (χ1v) is 13.3. The van der Waals surface area contributed by atoms with Gasteiger partial charge in [-0.05, 0) is 81.5 Å². The lowest BCUT2D eigenvalue weighted by molar-refractivity contribution is -0.152. The molecule has 0 atom stereocenters. The van der Waals surface area contributed by atoms with Gasteiger partial charge in [0.1, 0.15) is 11.5 Å². The third-order valence-electron chi connectivity index (χ3n) is 5.36. The van der Waals surface area contributed by atoms with Crippen molar-refractivity contribution in [3.05, 3.63) is 54.1 Å². The third-order valence-corrected chi connectivity index (χ3v) is 7.27. The molecule has 188 valence electrons. The van der Waals surface area contributed by atoms with Crippen LogP contribution in [0.5, 0.6) is 11.5 Å². The molecule has 2 rings (SSSR count). The van der Waals surface area contributed by atoms with Crippen LogP contribution in [0.1, 0.15) is 58.9 Å². The highest BCUT2D eigenvalue weighted by Crippen LogP contribution is 2.23. The van der Waals surface area contributed by atoms with E-state index in [1.54, 1.807) is 36.4 Å². The average Bonchev–Trinajstić information content (AvgIpc) is 2.79. The Labute approximate surface area is 203 Å². The van der Waals surface area contributed by atoms with Crippen molar-refractivity contribution in [2.45, 2.75) is 70.3 Å². The Kier molecular flexibility index (Phi) is 10.4. The molecule has 2 aromatic carbocycles. The van der Waals surface area contributed by atoms with Crippen molar-refractivity contribution in [1.29, 1.82) is 0 Å². The van der Waals surface area contributed by atoms with Crippen LogP contribution in [0.4, 0.5) is 0 Å². The van der Waals surface area contributed by atoms with Crippen LogP contribution in [-0.2, 0) is 21.2 Å². The molecular formula is C26H37NO6S. The van der Waals surface area contributed by atoms with Gasteiger partial charge in [-0.2, -0.15) is 4.31 Å². The molecule has 0 unspecified atom stereocenters. The van der Waals surface area contributed by atoms with Crippen LogP contribution in [0.15, 0.2) is 53.4 Å². The molecule has 0 aliphatic heterocycles. The normalized spacial score (nSPS) is 12.0. The number of carbonyl (C=O) groups is 1. The fourth-order valence-corrected chi connectivity index (χ4v) is 4.93. The molecule has 34 heavy (non-hydrogen) atoms. The summed E-state index contributed by atoms with van der Waals surface area (Å²) in [6.07, 6.45) is 3.98. The maximum Gasteiger partial charge on any atom is 0.347 e. The summed E-state index contributed by atoms with van der Waals surface area (Å²) in [5.74, 6) is 0.102. The molecule has 7 nitrogen and oxygen atoms in total. The van der Waals surface area contributed by atoms with Crippen molar-refractivity contribution >= 4 is 16.0 Å². The van der Waals surface area contributed by atoms with Crippen molar-refractivity contribution in [3.8, 4) is 11.5 Å². The summed E-state index contributed by atoms with van der Waals surface area (Å²) in [7, 11) is -3.61. The summed E-state index contributed by atoms with van der Waals surface area (Å²) >= 11 is 0. The second-order valence-corrected chi connectivity index (χ2v) is 10.7. The summed E-state index contributed by atoms with van der Waals surface area (Å²) in [5.41, 5.74) is -0.373. The number of hydrogen-bond donors (Lipinski definition) is 1. The van der Waals surface area contributed by atoms with E-state index in [0.29, 0.717) is 50.5 Å². The minimum Gasteiger partial charge on any atom is -0.494 e. The summed E-state index contributed by atoms with van der Waals surface area (Å²) in [4.78, 5) is 11.6. The van der Waals surface area contributed by atoms with Crippen molar-refractivity contribution in [1.82, 2.24) is 4.31 Å². The topological polar surface area (TPSA) is 93.1 Å². The first-order chi connectivity index (χ1) is 16.1. The molecule has 0 saturated heterocycles. The van der Waals surface area contributed by atoms with Crippen LogP contribution in [0, 0.1) is 0 Å². The molecule has 0 aliphatic carbocycles. The summed E-state index contributed by atoms with van der Waals surface area (Å²) < 4.78 is 39.2. The second kappa shape index (κ2) is 12.8. The summed E-state index contributed by atoms with van der Waals surface area (Å²) in [6, 6.07) is 13.9. The minimum atomic E-state index is -3.61. The molecule has 0 amide bonds. The van der Waals surface area contributed by atoms with Crippen molar-refractivity contribution in [2.24, 2.45) is 0 Å². The first kappa shape index (κ1) is 27.7. The summed E-state index contributed by atoms with van der Waals surface area (Å²) in [6.45, 7) is 8.48. The van der Waals surface area contributed by atoms with Gasteiger partial charge in [0.25, 0.3) is 0 Å². The maximum absolute atomic E-state index is 13.2. The molecule has 0 saturated carbocycles. The van der Waals surface area contributed by atoms with Crippen LogP contribution in [-0.4, -0.2) is 49.1 Å². The van der Waals surface area contributed by atoms with Gasteiger partial charge in [0, 0.05) is 13.1 Å². The second-order valence-electron chi connectivity index (χ2n) is 8.75. The lowest BCUT2D eigenvalue weighted by Crippen LogP contribution is -2.37. The highest BCUT2D eigenvalue weighted by Gasteiger charge is 2.29. The number of aryl methyl sites for hydroxylation is 1. The van der Waals surface area contributed by atoms with E-state index in [0.717, 1.165) is 18.4 Å². The number of rotatable bonds is 15. The zero-order valence-corrected chi connectivity index (χ0v) is 21.4. The molecule has 0 aromatic heterocycles. The molecular weight excluding hydrogens is 454 g/mol. The molecule has 2 aromatic rings. The van der Waals surface area contributed by atoms with E-state index in [4.69, 9.17) is 9.47 Å². The number of benzene rings is 2. The molecule has 1 N–H and O–H groups in total. The van der Waals surface area contributed by atoms with E-state index in [9.17, 15) is 18.3 Å². The number of ether oxygens (including phenoxy) is 2. The van der Waals surface area contributed by atoms with Gasteiger partial charge in [-0.3, -0.25) is 0 Å². The number of unbranched alkanes of at least 4 members (excludes halogenated alkanes) is 1. The van der Waals surface area contributed by atoms with Gasteiger partial charge in [-0.15, -0.1) is 0 Å². The Balaban J connectivity index is 2.02. The van der Waals surface area contributed by atoms with E-state index in [2.05, 4.69) is 6.92 Å². The van der Waals surface area contributed by atoms with Crippen molar-refractivity contribution < 1.29 is 27.8 Å². The zero-order valence-electron chi connectivity index (χ0n) is 20.6. The van der Waals surface area contributed by atoms with E-state index in [-0.39, 0.29) is 4.90 Å². The molecule has 0 fully saturated rings. The Bertz CT molecular complexity index is 1020. The highest BCUT2D eigenvalue weighted by molar-refractivity contribution is 7.89. The van der Waals surface area contributed by atoms with Gasteiger partial charge in [0.15, 0.2) is 5.60 Å². The number of carboxylic acids is 1. The molecule has 0 spiro atoms. The SMILES string of the molecule is CCCCOc1ccc(S(=O)(=O)N(CCC)CCCc2cccc(OC(C)(C)C(=O)O)c2)cc1. The smallest absolute Gasteiger partial charge is 0.347 e. The lowest BCUT2D eigenvalue weighted by atomic mass is 10.1. The Morgan fingerprint density at radius 3 is 2.29 bits per heavy atom. The standard InChI is InChI=1S/C26H37NO6S/c1-5-7-19-32-22-13-15-24(16-14-22)34(30,31)27(17-6-2)18-9-11-21-10-8-12-23(20-21)33-26(3,4)25(28)29/h8,10,12-16,20H,5-7,9,11,17-19H2,1-4H3,(H,28,29). The van der Waals surface area contributed by atoms with Gasteiger partial charge >= 0.3 is 5.97 Å². The largest absolute Gasteiger partial charge is 0.494 e. The zero-order chi connectivity index (χ0) is 25.2. The van der Waals surface area contributed by atoms with Crippen molar-refractivity contribution in [2.75, 3.05) is 19.7 Å². The number of hydrogen-bond acceptors (Lipinski definition) is 5. The fourth-order valence-electron chi connectivity index (χ4n) is 3.36. The Morgan fingerprint density at radius 2 is 1.68 bits per heavy atom. The monoisotopic (exact) mass is 491 g/mol. The third kappa shape index (κ3) is 8.02. The van der Waals surface area contributed by atoms with Gasteiger partial charge in [0.2, 0.25) is 10.0 Å². The predicted molar refractivity (Wildman–Crippen MR) is 133 cm³/mol. The van der Waals surface area contributed by atoms with Gasteiger partial charge in [-0.1, -0.05) is 32.4 Å². The van der Waals surface area contributed by atoms with Gasteiger partial charge in [-0.25, -0.2) is 13.2 Å². The number of sulfonamides is 1. The van der Waals surface area contributed by atoms with Crippen molar-refractivity contribution in [3.63, 3.8) is 0 Å². The van der Waals surface area contributed by atoms with E-state index < -0.39 is 21.6 Å². The van der Waals surface area contributed by atoms with E-state index in [1.165, 1.54) is 18.2 Å². The van der Waals surface area contributed by atoms with E-state index in [1.807, 2.05) is 19.1 Å². The van der Waals surface area contributed by atoms with Crippen LogP contribution < -0.4 is 9.47 Å². The summed E-state index contributed by atoms with van der Waals surface area (Å²) in [5, 5.41) is 9.26. The highest BCUT2D eigenvalue weighted by atomic mass is 32.2. The fraction of sp³-hybridized carbons (Fsp3) is 0.500. The maximum atomic E-state index is 13.2. The molecule has 0 radical (unpaired) electrons. The number of carboxylic acid groups (broad SMARTS) is 1. The number of nitrogens with zero attached hydrogens (tertiary/aromatic N) is 1. The Morgan fingerprint density at radius 1 is 0.971 bits per heavy atom. The minimum absolute atomic E-state index is 0.259. The Hall–Kier alpha value is -2.58. The van der Waals surface area contributed by atoms with Gasteiger partial charge in [0.05, 0.1) is 11.5 Å². The lowest BCUT2D eigenvalue weighted by Gasteiger charge is -2.23. The van der Waals surface area contributed by atoms with Crippen LogP contribution >= 0.6 is 0 Å². The van der Waals surface area contributed by atoms with Crippen LogP contribution in [0.3, 0.4) is 0 Å². The van der Waals surface area contributed by atoms with Gasteiger partial charge < -0.3 is 14.6 Å². The predicted octanol–water partition coefficient (Wildman–Crippen LogP) is 5.14. The molecule has 0 aliphatic rings. The van der Waals surface area contributed by atoms with Crippen LogP contribution in [0.2, 0.25) is 0 Å². The quantitative estimate of drug-likeness (QED) is 0.347. The number of aliphatic carboxylic acids is 1. The molecule has 0 bridgehead atoms. The van der Waals surface area contributed by atoms with E-state index >= 15 is 0 Å². The van der Waals surface area contributed by atoms with Crippen LogP contribution in [0.25, 0.3) is 0 Å². The first-order valence-electron chi connectivity index (χ1n) is 11.8. The molecule has 0 heterocycles.